The average molecular weight is 459 g/mol. The smallest absolute Gasteiger partial charge is 0.234 e. The zero-order chi connectivity index (χ0) is 20.9. The van der Waals surface area contributed by atoms with Gasteiger partial charge in [-0.1, -0.05) is 17.4 Å². The number of nitrogens with zero attached hydrogens (tertiary/aromatic N) is 7. The number of hydrogen-bond donors (Lipinski definition) is 1. The second kappa shape index (κ2) is 9.08. The highest BCUT2D eigenvalue weighted by Gasteiger charge is 2.16. The zero-order valence-corrected chi connectivity index (χ0v) is 17.7. The van der Waals surface area contributed by atoms with Gasteiger partial charge in [0.1, 0.15) is 11.4 Å². The molecule has 3 aromatic heterocycles. The van der Waals surface area contributed by atoms with Crippen molar-refractivity contribution in [1.82, 2.24) is 24.9 Å². The summed E-state index contributed by atoms with van der Waals surface area (Å²) in [7, 11) is 1.61. The topological polar surface area (TPSA) is 110 Å². The van der Waals surface area contributed by atoms with E-state index in [1.54, 1.807) is 25.4 Å². The lowest BCUT2D eigenvalue weighted by molar-refractivity contribution is 0.415. The van der Waals surface area contributed by atoms with E-state index in [0.717, 1.165) is 5.75 Å². The predicted molar refractivity (Wildman–Crippen MR) is 116 cm³/mol. The van der Waals surface area contributed by atoms with Gasteiger partial charge in [0.15, 0.2) is 10.1 Å². The molecule has 0 atom stereocenters. The first-order valence-electron chi connectivity index (χ1n) is 8.43. The largest absolute Gasteiger partial charge is 0.497 e. The van der Waals surface area contributed by atoms with Crippen LogP contribution in [0.25, 0.3) is 11.4 Å². The summed E-state index contributed by atoms with van der Waals surface area (Å²) in [5.74, 6) is 0.905. The molecule has 0 radical (unpaired) electrons. The van der Waals surface area contributed by atoms with Gasteiger partial charge in [0.2, 0.25) is 16.5 Å². The van der Waals surface area contributed by atoms with Crippen LogP contribution in [0.5, 0.6) is 5.75 Å². The minimum atomic E-state index is -0.0292. The number of rotatable bonds is 6. The number of methoxy groups -OCH3 is 1. The van der Waals surface area contributed by atoms with Gasteiger partial charge in [-0.05, 0) is 59.6 Å². The highest BCUT2D eigenvalue weighted by molar-refractivity contribution is 7.19. The van der Waals surface area contributed by atoms with Crippen molar-refractivity contribution in [3.05, 3.63) is 59.2 Å². The maximum atomic E-state index is 5.83. The predicted octanol–water partition coefficient (Wildman–Crippen LogP) is 5.86. The van der Waals surface area contributed by atoms with Crippen molar-refractivity contribution >= 4 is 56.3 Å². The summed E-state index contributed by atoms with van der Waals surface area (Å²) < 4.78 is 5.15. The molecule has 0 bridgehead atoms. The first-order chi connectivity index (χ1) is 14.6. The third-order valence-corrected chi connectivity index (χ3v) is 4.84. The molecule has 0 aliphatic heterocycles. The lowest BCUT2D eigenvalue weighted by Crippen LogP contribution is -1.99. The monoisotopic (exact) mass is 458 g/mol. The van der Waals surface area contributed by atoms with Gasteiger partial charge in [0.25, 0.3) is 0 Å². The maximum absolute atomic E-state index is 5.83. The number of nitrogens with one attached hydrogen (secondary N) is 1. The molecule has 4 aromatic rings. The van der Waals surface area contributed by atoms with Crippen molar-refractivity contribution in [1.29, 1.82) is 0 Å². The van der Waals surface area contributed by atoms with E-state index in [1.807, 2.05) is 30.3 Å². The lowest BCUT2D eigenvalue weighted by Gasteiger charge is -2.00. The van der Waals surface area contributed by atoms with E-state index in [0.29, 0.717) is 27.2 Å². The van der Waals surface area contributed by atoms with Crippen LogP contribution < -0.4 is 10.1 Å². The van der Waals surface area contributed by atoms with Gasteiger partial charge in [-0.2, -0.15) is 15.0 Å². The van der Waals surface area contributed by atoms with Gasteiger partial charge in [0.05, 0.1) is 18.5 Å². The van der Waals surface area contributed by atoms with Crippen LogP contribution in [0.3, 0.4) is 0 Å². The Balaban J connectivity index is 1.67. The van der Waals surface area contributed by atoms with Gasteiger partial charge >= 0.3 is 0 Å². The first-order valence-corrected chi connectivity index (χ1v) is 10.00. The van der Waals surface area contributed by atoms with Gasteiger partial charge in [-0.15, -0.1) is 10.2 Å². The van der Waals surface area contributed by atoms with E-state index in [1.165, 1.54) is 11.3 Å². The first kappa shape index (κ1) is 20.1. The molecule has 0 amide bonds. The summed E-state index contributed by atoms with van der Waals surface area (Å²) in [5, 5.41) is 12.6. The number of benzene rings is 1. The number of hydrogen-bond acceptors (Lipinski definition) is 10. The Kier molecular flexibility index (Phi) is 6.07. The average Bonchev–Trinajstić information content (AvgIpc) is 3.15. The number of azo groups is 1. The second-order valence-electron chi connectivity index (χ2n) is 5.61. The molecule has 0 fully saturated rings. The number of thiazole rings is 1. The standard InChI is InChI=1S/C18H12Cl2N8OS/c1-29-11-7-5-10(6-8-11)27-28-14-13(12-4-2-3-9-21-12)22-18(30-14)26-17-24-15(19)23-16(20)25-17/h2-9H,1H3,(H,22,23,24,25,26). The Morgan fingerprint density at radius 3 is 2.37 bits per heavy atom. The van der Waals surface area contributed by atoms with E-state index in [2.05, 4.69) is 40.5 Å². The molecule has 0 aliphatic carbocycles. The van der Waals surface area contributed by atoms with E-state index in [-0.39, 0.29) is 16.5 Å². The maximum Gasteiger partial charge on any atom is 0.234 e. The molecule has 0 unspecified atom stereocenters. The number of ether oxygens (including phenoxy) is 1. The van der Waals surface area contributed by atoms with E-state index >= 15 is 0 Å². The van der Waals surface area contributed by atoms with E-state index in [9.17, 15) is 0 Å². The van der Waals surface area contributed by atoms with Crippen molar-refractivity contribution in [3.63, 3.8) is 0 Å². The number of halogens is 2. The molecule has 9 nitrogen and oxygen atoms in total. The number of aromatic nitrogens is 5. The summed E-state index contributed by atoms with van der Waals surface area (Å²) in [6.45, 7) is 0. The SMILES string of the molecule is COc1ccc(N=Nc2sc(Nc3nc(Cl)nc(Cl)n3)nc2-c2ccccn2)cc1. The third kappa shape index (κ3) is 4.85. The summed E-state index contributed by atoms with van der Waals surface area (Å²) in [6, 6.07) is 12.7. The fourth-order valence-electron chi connectivity index (χ4n) is 2.33. The lowest BCUT2D eigenvalue weighted by atomic mass is 10.3. The van der Waals surface area contributed by atoms with Crippen LogP contribution in [-0.2, 0) is 0 Å². The molecule has 0 saturated carbocycles. The van der Waals surface area contributed by atoms with Gasteiger partial charge in [-0.3, -0.25) is 10.3 Å². The van der Waals surface area contributed by atoms with Crippen LogP contribution in [0.15, 0.2) is 58.9 Å². The Hall–Kier alpha value is -3.21. The van der Waals surface area contributed by atoms with Crippen LogP contribution in [-0.4, -0.2) is 32.0 Å². The van der Waals surface area contributed by atoms with Crippen LogP contribution in [0, 0.1) is 0 Å². The summed E-state index contributed by atoms with van der Waals surface area (Å²) in [6.07, 6.45) is 1.68. The molecular weight excluding hydrogens is 447 g/mol. The molecule has 4 rings (SSSR count). The van der Waals surface area contributed by atoms with Crippen molar-refractivity contribution in [2.75, 3.05) is 12.4 Å². The molecule has 0 spiro atoms. The number of anilines is 2. The molecule has 0 aliphatic rings. The quantitative estimate of drug-likeness (QED) is 0.359. The summed E-state index contributed by atoms with van der Waals surface area (Å²) in [4.78, 5) is 20.6. The second-order valence-corrected chi connectivity index (χ2v) is 7.26. The molecule has 0 saturated heterocycles. The Morgan fingerprint density at radius 2 is 1.70 bits per heavy atom. The van der Waals surface area contributed by atoms with Crippen molar-refractivity contribution < 1.29 is 4.74 Å². The highest BCUT2D eigenvalue weighted by atomic mass is 35.5. The fraction of sp³-hybridized carbons (Fsp3) is 0.0556. The van der Waals surface area contributed by atoms with Crippen molar-refractivity contribution in [2.45, 2.75) is 0 Å². The van der Waals surface area contributed by atoms with Gasteiger partial charge in [-0.25, -0.2) is 4.98 Å². The molecular formula is C18H12Cl2N8OS. The van der Waals surface area contributed by atoms with E-state index in [4.69, 9.17) is 27.9 Å². The van der Waals surface area contributed by atoms with Crippen LogP contribution in [0.1, 0.15) is 0 Å². The normalized spacial score (nSPS) is 11.0. The molecule has 3 heterocycles. The van der Waals surface area contributed by atoms with Crippen molar-refractivity contribution in [3.8, 4) is 17.1 Å². The zero-order valence-electron chi connectivity index (χ0n) is 15.3. The van der Waals surface area contributed by atoms with Crippen LogP contribution >= 0.6 is 34.5 Å². The Morgan fingerprint density at radius 1 is 0.933 bits per heavy atom. The number of pyridine rings is 1. The molecule has 1 aromatic carbocycles. The van der Waals surface area contributed by atoms with E-state index < -0.39 is 0 Å². The van der Waals surface area contributed by atoms with Crippen LogP contribution in [0.2, 0.25) is 10.6 Å². The Labute approximate surface area is 184 Å². The molecule has 1 N–H and O–H groups in total. The molecule has 12 heteroatoms. The van der Waals surface area contributed by atoms with Gasteiger partial charge < -0.3 is 4.74 Å². The fourth-order valence-corrected chi connectivity index (χ4v) is 3.49. The summed E-state index contributed by atoms with van der Waals surface area (Å²) >= 11 is 12.9. The minimum absolute atomic E-state index is 0.0292. The summed E-state index contributed by atoms with van der Waals surface area (Å²) in [5.41, 5.74) is 1.88. The minimum Gasteiger partial charge on any atom is -0.497 e. The van der Waals surface area contributed by atoms with Crippen molar-refractivity contribution in [2.24, 2.45) is 10.2 Å². The molecule has 150 valence electrons. The highest BCUT2D eigenvalue weighted by Crippen LogP contribution is 2.39. The molecule has 30 heavy (non-hydrogen) atoms. The Bertz CT molecular complexity index is 1160. The van der Waals surface area contributed by atoms with Crippen LogP contribution in [0.4, 0.5) is 21.8 Å². The van der Waals surface area contributed by atoms with Gasteiger partial charge in [0, 0.05) is 6.20 Å². The third-order valence-electron chi connectivity index (χ3n) is 3.65.